The molecular weight excluding hydrogens is 384 g/mol. The molecule has 0 atom stereocenters. The Hall–Kier alpha value is -3.07. The van der Waals surface area contributed by atoms with E-state index in [-0.39, 0.29) is 28.9 Å². The lowest BCUT2D eigenvalue weighted by molar-refractivity contribution is -0.0495. The fourth-order valence-electron chi connectivity index (χ4n) is 3.22. The van der Waals surface area contributed by atoms with Crippen LogP contribution in [-0.4, -0.2) is 40.9 Å². The summed E-state index contributed by atoms with van der Waals surface area (Å²) in [5.41, 5.74) is 1.87. The molecule has 9 heteroatoms. The number of anilines is 2. The Kier molecular flexibility index (Phi) is 5.39. The molecule has 1 aliphatic carbocycles. The minimum Gasteiger partial charge on any atom is -0.476 e. The number of benzene rings is 1. The van der Waals surface area contributed by atoms with Crippen molar-refractivity contribution in [2.75, 3.05) is 18.5 Å². The largest absolute Gasteiger partial charge is 0.476 e. The first kappa shape index (κ1) is 19.3. The first-order valence-electron chi connectivity index (χ1n) is 9.25. The van der Waals surface area contributed by atoms with E-state index in [4.69, 9.17) is 9.47 Å². The van der Waals surface area contributed by atoms with Gasteiger partial charge in [-0.15, -0.1) is 0 Å². The summed E-state index contributed by atoms with van der Waals surface area (Å²) in [5, 5.41) is 12.3. The number of halogens is 2. The topological polar surface area (TPSA) is 93.6 Å². The van der Waals surface area contributed by atoms with Gasteiger partial charge in [-0.05, 0) is 30.9 Å². The van der Waals surface area contributed by atoms with Crippen molar-refractivity contribution in [1.29, 1.82) is 0 Å². The zero-order valence-corrected chi connectivity index (χ0v) is 15.4. The summed E-state index contributed by atoms with van der Waals surface area (Å²) in [5.74, 6) is -1.11. The highest BCUT2D eigenvalue weighted by molar-refractivity contribution is 5.92. The van der Waals surface area contributed by atoms with E-state index in [2.05, 4.69) is 15.3 Å². The SMILES string of the molecule is O=C(O)c1nc(C2CC2)cnc1Nc1cccc(C2=CCOCC2)c1OC(F)F. The highest BCUT2D eigenvalue weighted by Gasteiger charge is 2.28. The summed E-state index contributed by atoms with van der Waals surface area (Å²) in [6.45, 7) is -2.17. The number of nitrogens with one attached hydrogen (secondary N) is 1. The van der Waals surface area contributed by atoms with E-state index in [0.717, 1.165) is 18.4 Å². The molecule has 1 aromatic carbocycles. The molecule has 2 aromatic rings. The number of hydrogen-bond donors (Lipinski definition) is 2. The summed E-state index contributed by atoms with van der Waals surface area (Å²) in [6.07, 6.45) is 5.79. The van der Waals surface area contributed by atoms with E-state index in [9.17, 15) is 18.7 Å². The average molecular weight is 403 g/mol. The third kappa shape index (κ3) is 4.34. The van der Waals surface area contributed by atoms with Crippen molar-refractivity contribution in [3.05, 3.63) is 47.4 Å². The summed E-state index contributed by atoms with van der Waals surface area (Å²) in [6, 6.07) is 4.89. The second-order valence-electron chi connectivity index (χ2n) is 6.81. The van der Waals surface area contributed by atoms with Gasteiger partial charge in [0.25, 0.3) is 0 Å². The second-order valence-corrected chi connectivity index (χ2v) is 6.81. The van der Waals surface area contributed by atoms with E-state index in [0.29, 0.717) is 30.9 Å². The number of hydrogen-bond acceptors (Lipinski definition) is 6. The van der Waals surface area contributed by atoms with Crippen LogP contribution in [0, 0.1) is 0 Å². The number of aromatic carboxylic acids is 1. The van der Waals surface area contributed by atoms with Crippen LogP contribution in [0.4, 0.5) is 20.3 Å². The van der Waals surface area contributed by atoms with Crippen molar-refractivity contribution < 1.29 is 28.2 Å². The van der Waals surface area contributed by atoms with Crippen LogP contribution in [-0.2, 0) is 4.74 Å². The number of rotatable bonds is 7. The number of para-hydroxylation sites is 1. The van der Waals surface area contributed by atoms with Crippen LogP contribution in [0.1, 0.15) is 46.9 Å². The number of ether oxygens (including phenoxy) is 2. The summed E-state index contributed by atoms with van der Waals surface area (Å²) < 4.78 is 36.3. The van der Waals surface area contributed by atoms with Crippen LogP contribution < -0.4 is 10.1 Å². The molecule has 1 saturated carbocycles. The van der Waals surface area contributed by atoms with Gasteiger partial charge in [0.2, 0.25) is 0 Å². The van der Waals surface area contributed by atoms with Crippen molar-refractivity contribution in [2.24, 2.45) is 0 Å². The van der Waals surface area contributed by atoms with Crippen molar-refractivity contribution in [3.8, 4) is 5.75 Å². The Labute approximate surface area is 165 Å². The Balaban J connectivity index is 1.73. The van der Waals surface area contributed by atoms with Gasteiger partial charge < -0.3 is 19.9 Å². The maximum absolute atomic E-state index is 13.1. The number of alkyl halides is 2. The lowest BCUT2D eigenvalue weighted by atomic mass is 9.99. The standard InChI is InChI=1S/C20H19F2N3O4/c21-20(22)29-17-13(11-6-8-28-9-7-11)2-1-3-14(17)25-18-16(19(26)27)24-15(10-23-18)12-4-5-12/h1-3,6,10,12,20H,4-5,7-9H2,(H,23,25)(H,26,27). The molecule has 1 fully saturated rings. The van der Waals surface area contributed by atoms with E-state index in [1.54, 1.807) is 12.1 Å². The van der Waals surface area contributed by atoms with Crippen molar-refractivity contribution >= 4 is 23.0 Å². The molecule has 0 saturated heterocycles. The van der Waals surface area contributed by atoms with Gasteiger partial charge in [-0.1, -0.05) is 18.2 Å². The predicted octanol–water partition coefficient (Wildman–Crippen LogP) is 4.20. The quantitative estimate of drug-likeness (QED) is 0.716. The van der Waals surface area contributed by atoms with Crippen molar-refractivity contribution in [3.63, 3.8) is 0 Å². The molecule has 0 amide bonds. The molecule has 0 bridgehead atoms. The molecule has 1 aromatic heterocycles. The first-order chi connectivity index (χ1) is 14.0. The second kappa shape index (κ2) is 8.12. The Morgan fingerprint density at radius 1 is 1.34 bits per heavy atom. The molecule has 2 heterocycles. The van der Waals surface area contributed by atoms with Gasteiger partial charge in [-0.2, -0.15) is 8.78 Å². The van der Waals surface area contributed by atoms with Gasteiger partial charge in [0.15, 0.2) is 17.3 Å². The molecular formula is C20H19F2N3O4. The van der Waals surface area contributed by atoms with Gasteiger partial charge >= 0.3 is 12.6 Å². The number of nitrogens with zero attached hydrogens (tertiary/aromatic N) is 2. The highest BCUT2D eigenvalue weighted by atomic mass is 19.3. The summed E-state index contributed by atoms with van der Waals surface area (Å²) in [4.78, 5) is 20.0. The van der Waals surface area contributed by atoms with Gasteiger partial charge in [-0.3, -0.25) is 0 Å². The van der Waals surface area contributed by atoms with Crippen molar-refractivity contribution in [2.45, 2.75) is 31.8 Å². The zero-order valence-electron chi connectivity index (χ0n) is 15.4. The fraction of sp³-hybridized carbons (Fsp3) is 0.350. The average Bonchev–Trinajstić information content (AvgIpc) is 3.55. The maximum Gasteiger partial charge on any atom is 0.387 e. The van der Waals surface area contributed by atoms with Gasteiger partial charge in [0, 0.05) is 11.5 Å². The molecule has 4 rings (SSSR count). The van der Waals surface area contributed by atoms with E-state index in [1.165, 1.54) is 12.3 Å². The molecule has 29 heavy (non-hydrogen) atoms. The van der Waals surface area contributed by atoms with E-state index < -0.39 is 12.6 Å². The monoisotopic (exact) mass is 403 g/mol. The molecule has 0 unspecified atom stereocenters. The molecule has 1 aliphatic heterocycles. The van der Waals surface area contributed by atoms with Gasteiger partial charge in [0.1, 0.15) is 0 Å². The van der Waals surface area contributed by atoms with Gasteiger partial charge in [0.05, 0.1) is 30.8 Å². The van der Waals surface area contributed by atoms with E-state index in [1.807, 2.05) is 6.08 Å². The number of aromatic nitrogens is 2. The predicted molar refractivity (Wildman–Crippen MR) is 101 cm³/mol. The Bertz CT molecular complexity index is 961. The minimum absolute atomic E-state index is 0.0286. The smallest absolute Gasteiger partial charge is 0.387 e. The third-order valence-corrected chi connectivity index (χ3v) is 4.77. The fourth-order valence-corrected chi connectivity index (χ4v) is 3.22. The third-order valence-electron chi connectivity index (χ3n) is 4.77. The first-order valence-corrected chi connectivity index (χ1v) is 9.25. The Morgan fingerprint density at radius 2 is 2.17 bits per heavy atom. The maximum atomic E-state index is 13.1. The number of carbonyl (C=O) groups is 1. The molecule has 7 nitrogen and oxygen atoms in total. The Morgan fingerprint density at radius 3 is 2.83 bits per heavy atom. The lowest BCUT2D eigenvalue weighted by Gasteiger charge is -2.20. The normalized spacial score (nSPS) is 16.4. The van der Waals surface area contributed by atoms with Crippen LogP contribution in [0.25, 0.3) is 5.57 Å². The molecule has 0 radical (unpaired) electrons. The minimum atomic E-state index is -3.04. The van der Waals surface area contributed by atoms with Crippen molar-refractivity contribution in [1.82, 2.24) is 9.97 Å². The molecule has 2 N–H and O–H groups in total. The van der Waals surface area contributed by atoms with Crippen LogP contribution in [0.2, 0.25) is 0 Å². The zero-order chi connectivity index (χ0) is 20.4. The van der Waals surface area contributed by atoms with Crippen LogP contribution >= 0.6 is 0 Å². The lowest BCUT2D eigenvalue weighted by Crippen LogP contribution is -2.12. The number of carboxylic acids is 1. The van der Waals surface area contributed by atoms with E-state index >= 15 is 0 Å². The van der Waals surface area contributed by atoms with Crippen LogP contribution in [0.5, 0.6) is 5.75 Å². The summed E-state index contributed by atoms with van der Waals surface area (Å²) >= 11 is 0. The molecule has 0 spiro atoms. The highest BCUT2D eigenvalue weighted by Crippen LogP contribution is 2.40. The molecule has 152 valence electrons. The van der Waals surface area contributed by atoms with Gasteiger partial charge in [-0.25, -0.2) is 14.8 Å². The van der Waals surface area contributed by atoms with Crippen LogP contribution in [0.15, 0.2) is 30.5 Å². The number of carboxylic acid groups (broad SMARTS) is 1. The molecule has 2 aliphatic rings. The summed E-state index contributed by atoms with van der Waals surface area (Å²) in [7, 11) is 0. The van der Waals surface area contributed by atoms with Crippen LogP contribution in [0.3, 0.4) is 0 Å².